The fourth-order valence-corrected chi connectivity index (χ4v) is 5.27. The van der Waals surface area contributed by atoms with E-state index in [1.165, 1.54) is 52.2 Å². The number of alkyl halides is 3. The molecule has 0 aliphatic heterocycles. The van der Waals surface area contributed by atoms with Crippen molar-refractivity contribution in [2.75, 3.05) is 0 Å². The highest BCUT2D eigenvalue weighted by molar-refractivity contribution is 7.07. The number of halogens is 3. The van der Waals surface area contributed by atoms with Gasteiger partial charge >= 0.3 is 12.4 Å². The number of benzene rings is 3. The lowest BCUT2D eigenvalue weighted by Gasteiger charge is -2.11. The molecule has 1 N–H and O–H groups in total. The third kappa shape index (κ3) is 7.28. The maximum absolute atomic E-state index is 12.8. The van der Waals surface area contributed by atoms with Crippen LogP contribution < -0.4 is 14.9 Å². The Kier molecular flexibility index (Phi) is 8.58. The molecular formula is C31H27F3N6O2S. The number of hydrogen-bond acceptors (Lipinski definition) is 5. The van der Waals surface area contributed by atoms with Crippen LogP contribution in [0.5, 0.6) is 5.75 Å². The van der Waals surface area contributed by atoms with Crippen molar-refractivity contribution < 1.29 is 22.7 Å². The Morgan fingerprint density at radius 3 is 2.49 bits per heavy atom. The highest BCUT2D eigenvalue weighted by atomic mass is 32.1. The van der Waals surface area contributed by atoms with E-state index in [9.17, 15) is 18.0 Å². The number of aromatic nitrogens is 4. The van der Waals surface area contributed by atoms with Gasteiger partial charge in [-0.05, 0) is 67.8 Å². The van der Waals surface area contributed by atoms with Gasteiger partial charge in [-0.2, -0.15) is 4.99 Å². The second-order valence-electron chi connectivity index (χ2n) is 9.52. The van der Waals surface area contributed by atoms with Crippen LogP contribution in [-0.2, 0) is 6.42 Å². The van der Waals surface area contributed by atoms with E-state index in [0.29, 0.717) is 22.0 Å². The monoisotopic (exact) mass is 604 g/mol. The molecule has 0 aliphatic carbocycles. The van der Waals surface area contributed by atoms with Crippen LogP contribution in [0.1, 0.15) is 30.7 Å². The van der Waals surface area contributed by atoms with Gasteiger partial charge in [0.25, 0.3) is 0 Å². The number of rotatable bonds is 7. The second kappa shape index (κ2) is 12.5. The number of thiazole rings is 1. The minimum Gasteiger partial charge on any atom is -0.406 e. The number of nitrogens with zero attached hydrogens (tertiary/aromatic N) is 5. The van der Waals surface area contributed by atoms with Crippen LogP contribution in [0, 0.1) is 6.92 Å². The standard InChI is InChI=1S/C31H27F3N6O2S/c1-4-23-7-5-6-8-27(23)40-21(3)18-43-30(40)37-29(41)36-20(2)17-22-9-11-24(12-10-22)28-35-19-39(38-28)25-13-15-26(16-14-25)42-31(32,33)34/h5-19H,4H2,1-3H3,(H,36,41)/b20-17+,37-30-. The van der Waals surface area contributed by atoms with Crippen LogP contribution >= 0.6 is 11.3 Å². The van der Waals surface area contributed by atoms with Crippen molar-refractivity contribution in [3.63, 3.8) is 0 Å². The molecule has 2 heterocycles. The zero-order chi connectivity index (χ0) is 30.6. The van der Waals surface area contributed by atoms with Gasteiger partial charge in [0, 0.05) is 22.3 Å². The Balaban J connectivity index is 1.26. The Hall–Kier alpha value is -4.97. The first-order valence-electron chi connectivity index (χ1n) is 13.3. The van der Waals surface area contributed by atoms with Crippen LogP contribution in [0.25, 0.3) is 28.8 Å². The van der Waals surface area contributed by atoms with Gasteiger partial charge in [-0.15, -0.1) is 29.6 Å². The Morgan fingerprint density at radius 2 is 1.79 bits per heavy atom. The van der Waals surface area contributed by atoms with Crippen molar-refractivity contribution in [2.24, 2.45) is 4.99 Å². The minimum atomic E-state index is -4.75. The summed E-state index contributed by atoms with van der Waals surface area (Å²) >= 11 is 1.41. The number of nitrogens with one attached hydrogen (secondary N) is 1. The zero-order valence-corrected chi connectivity index (χ0v) is 24.3. The molecule has 220 valence electrons. The predicted octanol–water partition coefficient (Wildman–Crippen LogP) is 7.23. The molecule has 0 saturated carbocycles. The summed E-state index contributed by atoms with van der Waals surface area (Å²) in [5, 5.41) is 9.23. The van der Waals surface area contributed by atoms with E-state index in [2.05, 4.69) is 38.1 Å². The molecule has 0 aliphatic rings. The van der Waals surface area contributed by atoms with E-state index in [-0.39, 0.29) is 5.75 Å². The minimum absolute atomic E-state index is 0.316. The summed E-state index contributed by atoms with van der Waals surface area (Å²) in [4.78, 5) is 22.0. The van der Waals surface area contributed by atoms with Crippen molar-refractivity contribution in [1.82, 2.24) is 24.6 Å². The molecule has 0 unspecified atom stereocenters. The van der Waals surface area contributed by atoms with Gasteiger partial charge in [0.1, 0.15) is 12.1 Å². The number of allylic oxidation sites excluding steroid dienone is 1. The number of carbonyl (C=O) groups excluding carboxylic acids is 1. The highest BCUT2D eigenvalue weighted by Crippen LogP contribution is 2.24. The van der Waals surface area contributed by atoms with Crippen molar-refractivity contribution in [3.05, 3.63) is 112 Å². The van der Waals surface area contributed by atoms with E-state index in [4.69, 9.17) is 0 Å². The van der Waals surface area contributed by atoms with E-state index >= 15 is 0 Å². The molecule has 0 atom stereocenters. The van der Waals surface area contributed by atoms with Gasteiger partial charge in [-0.25, -0.2) is 14.5 Å². The van der Waals surface area contributed by atoms with Crippen LogP contribution in [-0.4, -0.2) is 31.7 Å². The molecule has 0 radical (unpaired) electrons. The van der Waals surface area contributed by atoms with Crippen molar-refractivity contribution in [2.45, 2.75) is 33.6 Å². The molecule has 12 heteroatoms. The summed E-state index contributed by atoms with van der Waals surface area (Å²) in [6, 6.07) is 20.4. The Bertz CT molecular complexity index is 1830. The van der Waals surface area contributed by atoms with Gasteiger partial charge < -0.3 is 10.1 Å². The molecule has 2 aromatic heterocycles. The molecule has 0 spiro atoms. The van der Waals surface area contributed by atoms with Gasteiger partial charge in [0.2, 0.25) is 0 Å². The largest absolute Gasteiger partial charge is 0.573 e. The summed E-state index contributed by atoms with van der Waals surface area (Å²) in [6.45, 7) is 5.87. The lowest BCUT2D eigenvalue weighted by molar-refractivity contribution is -0.274. The van der Waals surface area contributed by atoms with Gasteiger partial charge in [-0.3, -0.25) is 4.57 Å². The molecule has 8 nitrogen and oxygen atoms in total. The first-order valence-corrected chi connectivity index (χ1v) is 14.2. The number of para-hydroxylation sites is 1. The molecular weight excluding hydrogens is 577 g/mol. The topological polar surface area (TPSA) is 86.3 Å². The molecule has 0 saturated heterocycles. The van der Waals surface area contributed by atoms with E-state index < -0.39 is 12.4 Å². The first kappa shape index (κ1) is 29.5. The Labute approximate surface area is 249 Å². The van der Waals surface area contributed by atoms with Crippen LogP contribution in [0.4, 0.5) is 18.0 Å². The third-order valence-electron chi connectivity index (χ3n) is 6.37. The fourth-order valence-electron chi connectivity index (χ4n) is 4.41. The summed E-state index contributed by atoms with van der Waals surface area (Å²) in [5.41, 5.74) is 5.92. The fraction of sp³-hybridized carbons (Fsp3) is 0.161. The lowest BCUT2D eigenvalue weighted by atomic mass is 10.1. The number of amides is 2. The predicted molar refractivity (Wildman–Crippen MR) is 159 cm³/mol. The Morgan fingerprint density at radius 1 is 1.07 bits per heavy atom. The van der Waals surface area contributed by atoms with E-state index in [1.807, 2.05) is 65.4 Å². The van der Waals surface area contributed by atoms with E-state index in [1.54, 1.807) is 6.92 Å². The van der Waals surface area contributed by atoms with Crippen molar-refractivity contribution in [3.8, 4) is 28.5 Å². The maximum Gasteiger partial charge on any atom is 0.573 e. The van der Waals surface area contributed by atoms with Gasteiger partial charge in [0.15, 0.2) is 10.6 Å². The number of urea groups is 1. The number of aryl methyl sites for hydroxylation is 2. The van der Waals surface area contributed by atoms with Crippen molar-refractivity contribution >= 4 is 23.4 Å². The molecule has 3 aromatic carbocycles. The van der Waals surface area contributed by atoms with Crippen LogP contribution in [0.2, 0.25) is 0 Å². The van der Waals surface area contributed by atoms with E-state index in [0.717, 1.165) is 28.9 Å². The smallest absolute Gasteiger partial charge is 0.406 e. The summed E-state index contributed by atoms with van der Waals surface area (Å²) in [6.07, 6.45) is -0.586. The quantitative estimate of drug-likeness (QED) is 0.212. The first-order chi connectivity index (χ1) is 20.6. The molecule has 5 rings (SSSR count). The molecule has 2 amide bonds. The maximum atomic E-state index is 12.8. The average Bonchev–Trinajstić information content (AvgIpc) is 3.60. The number of ether oxygens (including phenoxy) is 1. The van der Waals surface area contributed by atoms with Gasteiger partial charge in [0.05, 0.1) is 11.4 Å². The van der Waals surface area contributed by atoms with Crippen LogP contribution in [0.15, 0.2) is 95.2 Å². The number of carbonyl (C=O) groups is 1. The normalized spacial score (nSPS) is 12.4. The number of hydrogen-bond donors (Lipinski definition) is 1. The lowest BCUT2D eigenvalue weighted by Crippen LogP contribution is -2.23. The molecule has 0 bridgehead atoms. The summed E-state index contributed by atoms with van der Waals surface area (Å²) in [7, 11) is 0. The summed E-state index contributed by atoms with van der Waals surface area (Å²) in [5.74, 6) is 0.127. The highest BCUT2D eigenvalue weighted by Gasteiger charge is 2.31. The molecule has 0 fully saturated rings. The third-order valence-corrected chi connectivity index (χ3v) is 7.32. The summed E-state index contributed by atoms with van der Waals surface area (Å²) < 4.78 is 44.6. The van der Waals surface area contributed by atoms with Crippen LogP contribution in [0.3, 0.4) is 0 Å². The molecule has 43 heavy (non-hydrogen) atoms. The van der Waals surface area contributed by atoms with Crippen molar-refractivity contribution in [1.29, 1.82) is 0 Å². The average molecular weight is 605 g/mol. The molecule has 5 aromatic rings. The second-order valence-corrected chi connectivity index (χ2v) is 10.4. The van der Waals surface area contributed by atoms with Gasteiger partial charge in [-0.1, -0.05) is 49.4 Å². The SMILES string of the molecule is CCc1ccccc1-n1c(C)cs/c1=N\C(=O)N/C(C)=C/c1ccc(-c2ncn(-c3ccc(OC(F)(F)F)cc3)n2)cc1. The zero-order valence-electron chi connectivity index (χ0n) is 23.5.